The van der Waals surface area contributed by atoms with Crippen LogP contribution in [0.25, 0.3) is 0 Å². The third-order valence-corrected chi connectivity index (χ3v) is 6.18. The molecular weight excluding hydrogens is 292 g/mol. The van der Waals surface area contributed by atoms with E-state index in [1.165, 1.54) is 22.3 Å². The Bertz CT molecular complexity index is 887. The molecule has 0 amide bonds. The Labute approximate surface area is 133 Å². The largest absolute Gasteiger partial charge is 0.493 e. The normalized spacial score (nSPS) is 29.8. The predicted molar refractivity (Wildman–Crippen MR) is 83.0 cm³/mol. The molecule has 3 unspecified atom stereocenters. The molecule has 0 radical (unpaired) electrons. The molecule has 116 valence electrons. The standard InChI is InChI=1S/C19H16O4/c1-20-13-5-11-12(6-14(13)21-2)19-7-9-3-15-16(23-8-22-15)4-10(9)17(19)18(11)19/h3-6,17-18H,7-8H2,1-2H3. The van der Waals surface area contributed by atoms with Crippen molar-refractivity contribution in [3.05, 3.63) is 46.5 Å². The van der Waals surface area contributed by atoms with Gasteiger partial charge in [-0.2, -0.15) is 0 Å². The molecule has 1 saturated carbocycles. The van der Waals surface area contributed by atoms with Gasteiger partial charge in [-0.15, -0.1) is 0 Å². The molecule has 23 heavy (non-hydrogen) atoms. The van der Waals surface area contributed by atoms with Crippen LogP contribution in [0.1, 0.15) is 34.1 Å². The van der Waals surface area contributed by atoms with Crippen molar-refractivity contribution in [3.8, 4) is 23.0 Å². The number of ether oxygens (including phenoxy) is 4. The first-order chi connectivity index (χ1) is 11.3. The van der Waals surface area contributed by atoms with E-state index in [2.05, 4.69) is 24.3 Å². The van der Waals surface area contributed by atoms with Crippen molar-refractivity contribution >= 4 is 0 Å². The summed E-state index contributed by atoms with van der Waals surface area (Å²) < 4.78 is 22.1. The number of benzene rings is 2. The van der Waals surface area contributed by atoms with Crippen molar-refractivity contribution < 1.29 is 18.9 Å². The van der Waals surface area contributed by atoms with Crippen LogP contribution in [0, 0.1) is 0 Å². The lowest BCUT2D eigenvalue weighted by Crippen LogP contribution is -2.23. The summed E-state index contributed by atoms with van der Waals surface area (Å²) in [5, 5.41) is 0. The lowest BCUT2D eigenvalue weighted by Gasteiger charge is -2.30. The smallest absolute Gasteiger partial charge is 0.231 e. The quantitative estimate of drug-likeness (QED) is 0.854. The summed E-state index contributed by atoms with van der Waals surface area (Å²) in [7, 11) is 3.40. The fourth-order valence-corrected chi connectivity index (χ4v) is 5.24. The highest BCUT2D eigenvalue weighted by molar-refractivity contribution is 5.75. The zero-order valence-electron chi connectivity index (χ0n) is 13.0. The molecular formula is C19H16O4. The lowest BCUT2D eigenvalue weighted by molar-refractivity contribution is 0.174. The van der Waals surface area contributed by atoms with Gasteiger partial charge in [0.05, 0.1) is 14.2 Å². The second kappa shape index (κ2) is 3.58. The topological polar surface area (TPSA) is 36.9 Å². The van der Waals surface area contributed by atoms with Crippen molar-refractivity contribution in [1.82, 2.24) is 0 Å². The van der Waals surface area contributed by atoms with Crippen molar-refractivity contribution in [1.29, 1.82) is 0 Å². The number of methoxy groups -OCH3 is 2. The molecule has 6 rings (SSSR count). The highest BCUT2D eigenvalue weighted by Gasteiger charge is 2.77. The molecule has 0 N–H and O–H groups in total. The van der Waals surface area contributed by atoms with Crippen molar-refractivity contribution in [2.24, 2.45) is 0 Å². The van der Waals surface area contributed by atoms with Crippen LogP contribution in [0.2, 0.25) is 0 Å². The predicted octanol–water partition coefficient (Wildman–Crippen LogP) is 3.12. The van der Waals surface area contributed by atoms with E-state index in [4.69, 9.17) is 18.9 Å². The van der Waals surface area contributed by atoms with E-state index in [-0.39, 0.29) is 5.41 Å². The Balaban J connectivity index is 1.47. The van der Waals surface area contributed by atoms with Gasteiger partial charge in [0.2, 0.25) is 6.79 Å². The highest BCUT2D eigenvalue weighted by atomic mass is 16.7. The fourth-order valence-electron chi connectivity index (χ4n) is 5.24. The van der Waals surface area contributed by atoms with Crippen LogP contribution < -0.4 is 18.9 Å². The van der Waals surface area contributed by atoms with Crippen molar-refractivity contribution in [2.75, 3.05) is 21.0 Å². The Kier molecular flexibility index (Phi) is 1.89. The molecule has 2 aromatic carbocycles. The van der Waals surface area contributed by atoms with Gasteiger partial charge in [-0.1, -0.05) is 0 Å². The average molecular weight is 308 g/mol. The monoisotopic (exact) mass is 308 g/mol. The minimum Gasteiger partial charge on any atom is -0.493 e. The SMILES string of the molecule is COc1cc2c(cc1OC)C13Cc4cc5c(cc4C1C23)OCO5. The molecule has 4 nitrogen and oxygen atoms in total. The maximum atomic E-state index is 5.57. The van der Waals surface area contributed by atoms with Gasteiger partial charge in [0.25, 0.3) is 0 Å². The van der Waals surface area contributed by atoms with Gasteiger partial charge in [0.15, 0.2) is 23.0 Å². The van der Waals surface area contributed by atoms with Gasteiger partial charge in [-0.3, -0.25) is 0 Å². The summed E-state index contributed by atoms with van der Waals surface area (Å²) in [5.41, 5.74) is 6.00. The maximum Gasteiger partial charge on any atom is 0.231 e. The van der Waals surface area contributed by atoms with Gasteiger partial charge in [0, 0.05) is 17.3 Å². The minimum absolute atomic E-state index is 0.284. The molecule has 1 fully saturated rings. The summed E-state index contributed by atoms with van der Waals surface area (Å²) in [6.45, 7) is 0.339. The fraction of sp³-hybridized carbons (Fsp3) is 0.368. The van der Waals surface area contributed by atoms with Crippen LogP contribution in [0.4, 0.5) is 0 Å². The molecule has 4 aliphatic rings. The van der Waals surface area contributed by atoms with E-state index in [1.807, 2.05) is 0 Å². The Morgan fingerprint density at radius 1 is 0.913 bits per heavy atom. The van der Waals surface area contributed by atoms with E-state index in [0.717, 1.165) is 29.4 Å². The van der Waals surface area contributed by atoms with Gasteiger partial charge in [-0.25, -0.2) is 0 Å². The highest BCUT2D eigenvalue weighted by Crippen LogP contribution is 2.84. The second-order valence-corrected chi connectivity index (χ2v) is 6.87. The zero-order valence-corrected chi connectivity index (χ0v) is 13.0. The van der Waals surface area contributed by atoms with Crippen LogP contribution in [0.15, 0.2) is 24.3 Å². The lowest BCUT2D eigenvalue weighted by atomic mass is 9.74. The molecule has 0 bridgehead atoms. The molecule has 4 heteroatoms. The second-order valence-electron chi connectivity index (χ2n) is 6.87. The molecule has 3 aliphatic carbocycles. The summed E-state index contributed by atoms with van der Waals surface area (Å²) >= 11 is 0. The number of fused-ring (bicyclic) bond motifs is 6. The Morgan fingerprint density at radius 2 is 1.61 bits per heavy atom. The molecule has 1 aliphatic heterocycles. The first kappa shape index (κ1) is 12.1. The molecule has 1 spiro atoms. The van der Waals surface area contributed by atoms with Crippen LogP contribution in [-0.4, -0.2) is 21.0 Å². The Hall–Kier alpha value is -2.36. The summed E-state index contributed by atoms with van der Waals surface area (Å²) in [4.78, 5) is 0. The third kappa shape index (κ3) is 1.16. The molecule has 1 heterocycles. The average Bonchev–Trinajstić information content (AvgIpc) is 2.88. The first-order valence-corrected chi connectivity index (χ1v) is 7.96. The number of hydrogen-bond acceptors (Lipinski definition) is 4. The number of hydrogen-bond donors (Lipinski definition) is 0. The van der Waals surface area contributed by atoms with E-state index >= 15 is 0 Å². The van der Waals surface area contributed by atoms with Crippen LogP contribution >= 0.6 is 0 Å². The van der Waals surface area contributed by atoms with E-state index in [0.29, 0.717) is 18.6 Å². The molecule has 0 saturated heterocycles. The molecule has 3 atom stereocenters. The van der Waals surface area contributed by atoms with Crippen LogP contribution in [-0.2, 0) is 11.8 Å². The van der Waals surface area contributed by atoms with E-state index < -0.39 is 0 Å². The van der Waals surface area contributed by atoms with Crippen LogP contribution in [0.5, 0.6) is 23.0 Å². The van der Waals surface area contributed by atoms with Gasteiger partial charge >= 0.3 is 0 Å². The van der Waals surface area contributed by atoms with Crippen molar-refractivity contribution in [2.45, 2.75) is 23.7 Å². The third-order valence-electron chi connectivity index (χ3n) is 6.18. The first-order valence-electron chi connectivity index (χ1n) is 7.96. The summed E-state index contributed by atoms with van der Waals surface area (Å²) in [6.07, 6.45) is 1.09. The summed E-state index contributed by atoms with van der Waals surface area (Å²) in [5.74, 6) is 4.66. The van der Waals surface area contributed by atoms with E-state index in [9.17, 15) is 0 Å². The van der Waals surface area contributed by atoms with E-state index in [1.54, 1.807) is 14.2 Å². The van der Waals surface area contributed by atoms with Crippen molar-refractivity contribution in [3.63, 3.8) is 0 Å². The summed E-state index contributed by atoms with van der Waals surface area (Å²) in [6, 6.07) is 8.71. The van der Waals surface area contributed by atoms with Gasteiger partial charge in [-0.05, 0) is 52.9 Å². The number of rotatable bonds is 2. The zero-order chi connectivity index (χ0) is 15.3. The molecule has 0 aromatic heterocycles. The maximum absolute atomic E-state index is 5.57. The molecule has 2 aromatic rings. The minimum atomic E-state index is 0.284. The Morgan fingerprint density at radius 3 is 2.39 bits per heavy atom. The van der Waals surface area contributed by atoms with Gasteiger partial charge < -0.3 is 18.9 Å². The van der Waals surface area contributed by atoms with Crippen LogP contribution in [0.3, 0.4) is 0 Å². The van der Waals surface area contributed by atoms with Gasteiger partial charge in [0.1, 0.15) is 0 Å².